The number of nitrogens with zero attached hydrogens (tertiary/aromatic N) is 4. The van der Waals surface area contributed by atoms with Crippen molar-refractivity contribution >= 4 is 10.0 Å². The molecule has 3 heterocycles. The maximum Gasteiger partial charge on any atom is 0.262 e. The van der Waals surface area contributed by atoms with E-state index in [0.717, 1.165) is 32.0 Å². The molecule has 0 radical (unpaired) electrons. The van der Waals surface area contributed by atoms with E-state index >= 15 is 0 Å². The van der Waals surface area contributed by atoms with Crippen LogP contribution in [0.5, 0.6) is 0 Å². The third kappa shape index (κ3) is 3.17. The van der Waals surface area contributed by atoms with Gasteiger partial charge in [-0.05, 0) is 25.2 Å². The van der Waals surface area contributed by atoms with E-state index in [1.165, 1.54) is 19.2 Å². The van der Waals surface area contributed by atoms with Gasteiger partial charge in [0.05, 0.1) is 12.4 Å². The number of imidazole rings is 1. The Hall–Kier alpha value is -0.960. The number of ether oxygens (including phenoxy) is 1. The average Bonchev–Trinajstić information content (AvgIpc) is 3.09. The first-order valence-corrected chi connectivity index (χ1v) is 9.80. The molecule has 1 saturated carbocycles. The van der Waals surface area contributed by atoms with Crippen LogP contribution in [0.15, 0.2) is 17.6 Å². The fourth-order valence-electron chi connectivity index (χ4n) is 3.52. The SMILES string of the molecule is Cn1cnc(S(=O)(=O)N2CCN3C[C@H](OCC4CC4)C[C@H]3C2)c1. The Morgan fingerprint density at radius 3 is 2.83 bits per heavy atom. The van der Waals surface area contributed by atoms with Crippen molar-refractivity contribution in [1.29, 1.82) is 0 Å². The summed E-state index contributed by atoms with van der Waals surface area (Å²) in [7, 11) is -1.70. The molecule has 0 unspecified atom stereocenters. The molecule has 2 aliphatic heterocycles. The van der Waals surface area contributed by atoms with E-state index in [0.29, 0.717) is 13.1 Å². The van der Waals surface area contributed by atoms with Crippen molar-refractivity contribution in [3.63, 3.8) is 0 Å². The summed E-state index contributed by atoms with van der Waals surface area (Å²) >= 11 is 0. The second-order valence-electron chi connectivity index (χ2n) is 7.02. The molecule has 8 heteroatoms. The number of rotatable bonds is 5. The van der Waals surface area contributed by atoms with Gasteiger partial charge in [0.25, 0.3) is 10.0 Å². The lowest BCUT2D eigenvalue weighted by atomic mass is 10.2. The van der Waals surface area contributed by atoms with Crippen molar-refractivity contribution in [2.45, 2.75) is 36.4 Å². The maximum absolute atomic E-state index is 12.7. The van der Waals surface area contributed by atoms with Crippen molar-refractivity contribution in [2.75, 3.05) is 32.8 Å². The molecular formula is C15H24N4O3S. The summed E-state index contributed by atoms with van der Waals surface area (Å²) in [6.45, 7) is 3.67. The van der Waals surface area contributed by atoms with Crippen LogP contribution in [-0.4, -0.2) is 72.1 Å². The Kier molecular flexibility index (Phi) is 3.95. The molecule has 3 aliphatic rings. The first-order valence-electron chi connectivity index (χ1n) is 8.36. The van der Waals surface area contributed by atoms with Crippen LogP contribution in [0.1, 0.15) is 19.3 Å². The molecule has 0 bridgehead atoms. The molecule has 0 N–H and O–H groups in total. The van der Waals surface area contributed by atoms with E-state index in [4.69, 9.17) is 4.74 Å². The summed E-state index contributed by atoms with van der Waals surface area (Å²) in [4.78, 5) is 6.39. The quantitative estimate of drug-likeness (QED) is 0.771. The molecule has 2 saturated heterocycles. The van der Waals surface area contributed by atoms with Gasteiger partial charge in [-0.1, -0.05) is 0 Å². The van der Waals surface area contributed by atoms with Crippen molar-refractivity contribution in [1.82, 2.24) is 18.8 Å². The van der Waals surface area contributed by atoms with Crippen LogP contribution in [0.2, 0.25) is 0 Å². The largest absolute Gasteiger partial charge is 0.377 e. The van der Waals surface area contributed by atoms with Crippen LogP contribution in [0.4, 0.5) is 0 Å². The van der Waals surface area contributed by atoms with Crippen LogP contribution in [0.3, 0.4) is 0 Å². The first kappa shape index (κ1) is 15.6. The minimum absolute atomic E-state index is 0.146. The highest BCUT2D eigenvalue weighted by Gasteiger charge is 2.41. The number of piperazine rings is 1. The summed E-state index contributed by atoms with van der Waals surface area (Å²) < 4.78 is 34.6. The number of hydrogen-bond acceptors (Lipinski definition) is 5. The zero-order valence-electron chi connectivity index (χ0n) is 13.5. The standard InChI is InChI=1S/C15H24N4O3S/c1-17-9-15(16-11-17)23(20,21)19-5-4-18-8-14(6-13(18)7-19)22-10-12-2-3-12/h9,11-14H,2-8,10H2,1H3/t13-,14+/m0/s1. The molecule has 3 fully saturated rings. The van der Waals surface area contributed by atoms with Crippen molar-refractivity contribution < 1.29 is 13.2 Å². The Labute approximate surface area is 137 Å². The zero-order chi connectivity index (χ0) is 16.0. The van der Waals surface area contributed by atoms with E-state index in [2.05, 4.69) is 9.88 Å². The fourth-order valence-corrected chi connectivity index (χ4v) is 4.95. The lowest BCUT2D eigenvalue weighted by Gasteiger charge is -2.35. The van der Waals surface area contributed by atoms with Gasteiger partial charge in [-0.15, -0.1) is 0 Å². The third-order valence-electron chi connectivity index (χ3n) is 5.09. The number of sulfonamides is 1. The van der Waals surface area contributed by atoms with E-state index in [1.54, 1.807) is 22.1 Å². The van der Waals surface area contributed by atoms with Gasteiger partial charge >= 0.3 is 0 Å². The topological polar surface area (TPSA) is 67.7 Å². The number of fused-ring (bicyclic) bond motifs is 1. The second-order valence-corrected chi connectivity index (χ2v) is 8.91. The van der Waals surface area contributed by atoms with E-state index in [1.807, 2.05) is 0 Å². The number of aryl methyl sites for hydroxylation is 1. The van der Waals surface area contributed by atoms with Gasteiger partial charge in [0, 0.05) is 52.1 Å². The summed E-state index contributed by atoms with van der Waals surface area (Å²) in [5, 5.41) is 0.146. The summed E-state index contributed by atoms with van der Waals surface area (Å²) in [5.74, 6) is 0.772. The smallest absolute Gasteiger partial charge is 0.262 e. The van der Waals surface area contributed by atoms with E-state index in [-0.39, 0.29) is 17.2 Å². The van der Waals surface area contributed by atoms with Gasteiger partial charge in [0.15, 0.2) is 5.03 Å². The monoisotopic (exact) mass is 340 g/mol. The molecule has 0 aromatic carbocycles. The fraction of sp³-hybridized carbons (Fsp3) is 0.800. The highest BCUT2D eigenvalue weighted by atomic mass is 32.2. The molecule has 2 atom stereocenters. The molecule has 23 heavy (non-hydrogen) atoms. The van der Waals surface area contributed by atoms with E-state index < -0.39 is 10.0 Å². The summed E-state index contributed by atoms with van der Waals surface area (Å²) in [6.07, 6.45) is 6.89. The Morgan fingerprint density at radius 2 is 2.13 bits per heavy atom. The van der Waals surface area contributed by atoms with Crippen molar-refractivity contribution in [3.8, 4) is 0 Å². The summed E-state index contributed by atoms with van der Waals surface area (Å²) in [5.41, 5.74) is 0. The highest BCUT2D eigenvalue weighted by molar-refractivity contribution is 7.89. The van der Waals surface area contributed by atoms with Gasteiger partial charge in [0.2, 0.25) is 0 Å². The molecule has 7 nitrogen and oxygen atoms in total. The zero-order valence-corrected chi connectivity index (χ0v) is 14.3. The van der Waals surface area contributed by atoms with Crippen LogP contribution in [0.25, 0.3) is 0 Å². The molecule has 1 aromatic heterocycles. The minimum atomic E-state index is -3.48. The average molecular weight is 340 g/mol. The summed E-state index contributed by atoms with van der Waals surface area (Å²) in [6, 6.07) is 0.270. The Bertz CT molecular complexity index is 670. The highest BCUT2D eigenvalue weighted by Crippen LogP contribution is 2.32. The molecule has 128 valence electrons. The van der Waals surface area contributed by atoms with Crippen LogP contribution < -0.4 is 0 Å². The van der Waals surface area contributed by atoms with Gasteiger partial charge in [-0.3, -0.25) is 4.90 Å². The molecule has 0 spiro atoms. The molecular weight excluding hydrogens is 316 g/mol. The third-order valence-corrected chi connectivity index (χ3v) is 6.84. The van der Waals surface area contributed by atoms with Crippen LogP contribution >= 0.6 is 0 Å². The van der Waals surface area contributed by atoms with Crippen molar-refractivity contribution in [2.24, 2.45) is 13.0 Å². The van der Waals surface area contributed by atoms with Gasteiger partial charge in [-0.2, -0.15) is 4.31 Å². The van der Waals surface area contributed by atoms with Crippen molar-refractivity contribution in [3.05, 3.63) is 12.5 Å². The lowest BCUT2D eigenvalue weighted by molar-refractivity contribution is 0.0517. The van der Waals surface area contributed by atoms with Crippen LogP contribution in [0, 0.1) is 5.92 Å². The predicted molar refractivity (Wildman–Crippen MR) is 84.4 cm³/mol. The van der Waals surface area contributed by atoms with Gasteiger partial charge < -0.3 is 9.30 Å². The maximum atomic E-state index is 12.7. The Morgan fingerprint density at radius 1 is 1.30 bits per heavy atom. The van der Waals surface area contributed by atoms with Gasteiger partial charge in [0.1, 0.15) is 0 Å². The molecule has 4 rings (SSSR count). The van der Waals surface area contributed by atoms with E-state index in [9.17, 15) is 8.42 Å². The molecule has 1 aliphatic carbocycles. The van der Waals surface area contributed by atoms with Crippen LogP contribution in [-0.2, 0) is 21.8 Å². The molecule has 0 amide bonds. The predicted octanol–water partition coefficient (Wildman–Crippen LogP) is 0.294. The van der Waals surface area contributed by atoms with Gasteiger partial charge in [-0.25, -0.2) is 13.4 Å². The Balaban J connectivity index is 1.40. The molecule has 1 aromatic rings. The second kappa shape index (κ2) is 5.84. The lowest BCUT2D eigenvalue weighted by Crippen LogP contribution is -2.51. The normalized spacial score (nSPS) is 29.8. The minimum Gasteiger partial charge on any atom is -0.377 e. The number of hydrogen-bond donors (Lipinski definition) is 0. The first-order chi connectivity index (χ1) is 11.0. The number of aromatic nitrogens is 2.